The fourth-order valence-corrected chi connectivity index (χ4v) is 2.34. The summed E-state index contributed by atoms with van der Waals surface area (Å²) in [5.74, 6) is 0.0421. The number of hydrogen-bond acceptors (Lipinski definition) is 3. The van der Waals surface area contributed by atoms with Crippen molar-refractivity contribution in [2.75, 3.05) is 0 Å². The number of H-pyrrole nitrogens is 1. The molecule has 0 atom stereocenters. The van der Waals surface area contributed by atoms with Gasteiger partial charge in [-0.05, 0) is 17.5 Å². The van der Waals surface area contributed by atoms with Crippen molar-refractivity contribution in [3.8, 4) is 0 Å². The Morgan fingerprint density at radius 2 is 2.31 bits per heavy atom. The van der Waals surface area contributed by atoms with Crippen molar-refractivity contribution >= 4 is 28.0 Å². The molecule has 0 spiro atoms. The van der Waals surface area contributed by atoms with Gasteiger partial charge in [0, 0.05) is 46.0 Å². The van der Waals surface area contributed by atoms with E-state index in [2.05, 4.69) is 9.97 Å². The first kappa shape index (κ1) is 9.30. The van der Waals surface area contributed by atoms with Crippen LogP contribution in [0.3, 0.4) is 0 Å². The summed E-state index contributed by atoms with van der Waals surface area (Å²) >= 11 is 1.52. The van der Waals surface area contributed by atoms with Crippen molar-refractivity contribution in [3.05, 3.63) is 52.6 Å². The summed E-state index contributed by atoms with van der Waals surface area (Å²) in [7, 11) is 0. The van der Waals surface area contributed by atoms with Crippen LogP contribution in [-0.2, 0) is 0 Å². The van der Waals surface area contributed by atoms with E-state index in [4.69, 9.17) is 0 Å². The SMILES string of the molecule is O=C(c1ccsc1)c1c[nH]c2ccncc12. The number of hydrogen-bond donors (Lipinski definition) is 1. The molecule has 0 fully saturated rings. The highest BCUT2D eigenvalue weighted by Gasteiger charge is 2.14. The molecule has 0 bridgehead atoms. The molecule has 0 amide bonds. The summed E-state index contributed by atoms with van der Waals surface area (Å²) in [4.78, 5) is 19.3. The maximum atomic E-state index is 12.1. The number of carbonyl (C=O) groups is 1. The maximum Gasteiger partial charge on any atom is 0.196 e. The van der Waals surface area contributed by atoms with Crippen LogP contribution in [0.15, 0.2) is 41.5 Å². The van der Waals surface area contributed by atoms with Crippen LogP contribution in [0.1, 0.15) is 15.9 Å². The molecule has 0 radical (unpaired) electrons. The largest absolute Gasteiger partial charge is 0.360 e. The number of pyridine rings is 1. The number of thiophene rings is 1. The molecular formula is C12H8N2OS. The van der Waals surface area contributed by atoms with Crippen LogP contribution >= 0.6 is 11.3 Å². The molecule has 0 saturated carbocycles. The zero-order chi connectivity index (χ0) is 11.0. The number of aromatic amines is 1. The topological polar surface area (TPSA) is 45.8 Å². The predicted octanol–water partition coefficient (Wildman–Crippen LogP) is 2.86. The first-order chi connectivity index (χ1) is 7.86. The Kier molecular flexibility index (Phi) is 2.08. The zero-order valence-corrected chi connectivity index (χ0v) is 9.12. The van der Waals surface area contributed by atoms with Gasteiger partial charge >= 0.3 is 0 Å². The van der Waals surface area contributed by atoms with Crippen LogP contribution in [0, 0.1) is 0 Å². The summed E-state index contributed by atoms with van der Waals surface area (Å²) in [5.41, 5.74) is 2.35. The Bertz CT molecular complexity index is 640. The minimum absolute atomic E-state index is 0.0421. The Labute approximate surface area is 95.8 Å². The Morgan fingerprint density at radius 1 is 1.38 bits per heavy atom. The second-order valence-corrected chi connectivity index (χ2v) is 4.24. The van der Waals surface area contributed by atoms with E-state index in [9.17, 15) is 4.79 Å². The number of aromatic nitrogens is 2. The molecule has 0 aromatic carbocycles. The van der Waals surface area contributed by atoms with Gasteiger partial charge in [0.05, 0.1) is 0 Å². The molecule has 0 aliphatic heterocycles. The van der Waals surface area contributed by atoms with Gasteiger partial charge in [0.25, 0.3) is 0 Å². The predicted molar refractivity (Wildman–Crippen MR) is 63.8 cm³/mol. The van der Waals surface area contributed by atoms with Crippen molar-refractivity contribution in [3.63, 3.8) is 0 Å². The maximum absolute atomic E-state index is 12.1. The Hall–Kier alpha value is -1.94. The van der Waals surface area contributed by atoms with Crippen LogP contribution in [0.5, 0.6) is 0 Å². The van der Waals surface area contributed by atoms with Crippen molar-refractivity contribution in [1.82, 2.24) is 9.97 Å². The summed E-state index contributed by atoms with van der Waals surface area (Å²) in [6, 6.07) is 3.70. The lowest BCUT2D eigenvalue weighted by molar-refractivity contribution is 0.104. The van der Waals surface area contributed by atoms with E-state index >= 15 is 0 Å². The number of ketones is 1. The molecule has 0 unspecified atom stereocenters. The van der Waals surface area contributed by atoms with Gasteiger partial charge in [-0.2, -0.15) is 11.3 Å². The third kappa shape index (κ3) is 1.35. The lowest BCUT2D eigenvalue weighted by Gasteiger charge is -1.95. The molecule has 3 rings (SSSR count). The Morgan fingerprint density at radius 3 is 3.12 bits per heavy atom. The van der Waals surface area contributed by atoms with E-state index in [1.165, 1.54) is 11.3 Å². The standard InChI is InChI=1S/C12H8N2OS/c15-12(8-2-4-16-7-8)10-6-14-11-1-3-13-5-9(10)11/h1-7,14H. The third-order valence-corrected chi connectivity index (χ3v) is 3.19. The summed E-state index contributed by atoms with van der Waals surface area (Å²) in [6.45, 7) is 0. The molecule has 3 aromatic heterocycles. The Balaban J connectivity index is 2.16. The molecule has 3 heterocycles. The van der Waals surface area contributed by atoms with E-state index in [0.29, 0.717) is 5.56 Å². The second-order valence-electron chi connectivity index (χ2n) is 3.46. The number of fused-ring (bicyclic) bond motifs is 1. The van der Waals surface area contributed by atoms with Crippen molar-refractivity contribution < 1.29 is 4.79 Å². The minimum atomic E-state index is 0.0421. The fraction of sp³-hybridized carbons (Fsp3) is 0. The van der Waals surface area contributed by atoms with Gasteiger partial charge in [-0.3, -0.25) is 9.78 Å². The summed E-state index contributed by atoms with van der Waals surface area (Å²) in [6.07, 6.45) is 5.16. The molecule has 16 heavy (non-hydrogen) atoms. The van der Waals surface area contributed by atoms with E-state index in [1.807, 2.05) is 22.9 Å². The molecule has 4 heteroatoms. The van der Waals surface area contributed by atoms with Gasteiger partial charge in [-0.25, -0.2) is 0 Å². The summed E-state index contributed by atoms with van der Waals surface area (Å²) < 4.78 is 0. The van der Waals surface area contributed by atoms with Crippen LogP contribution in [-0.4, -0.2) is 15.8 Å². The molecule has 3 aromatic rings. The zero-order valence-electron chi connectivity index (χ0n) is 8.31. The average Bonchev–Trinajstić information content (AvgIpc) is 2.98. The molecule has 3 nitrogen and oxygen atoms in total. The number of nitrogens with one attached hydrogen (secondary N) is 1. The normalized spacial score (nSPS) is 10.8. The first-order valence-electron chi connectivity index (χ1n) is 4.84. The molecule has 0 aliphatic rings. The summed E-state index contributed by atoms with van der Waals surface area (Å²) in [5, 5.41) is 4.64. The van der Waals surface area contributed by atoms with Gasteiger partial charge in [0.2, 0.25) is 0 Å². The number of rotatable bonds is 2. The molecule has 0 aliphatic carbocycles. The van der Waals surface area contributed by atoms with Gasteiger partial charge in [0.1, 0.15) is 0 Å². The lowest BCUT2D eigenvalue weighted by Crippen LogP contribution is -1.97. The highest BCUT2D eigenvalue weighted by atomic mass is 32.1. The fourth-order valence-electron chi connectivity index (χ4n) is 1.70. The molecular weight excluding hydrogens is 220 g/mol. The van der Waals surface area contributed by atoms with E-state index in [-0.39, 0.29) is 5.78 Å². The smallest absolute Gasteiger partial charge is 0.196 e. The van der Waals surface area contributed by atoms with E-state index in [1.54, 1.807) is 18.6 Å². The highest BCUT2D eigenvalue weighted by molar-refractivity contribution is 7.08. The van der Waals surface area contributed by atoms with Gasteiger partial charge in [-0.1, -0.05) is 0 Å². The lowest BCUT2D eigenvalue weighted by atomic mass is 10.1. The number of carbonyl (C=O) groups excluding carboxylic acids is 1. The van der Waals surface area contributed by atoms with Crippen molar-refractivity contribution in [2.45, 2.75) is 0 Å². The van der Waals surface area contributed by atoms with Crippen LogP contribution in [0.25, 0.3) is 10.9 Å². The van der Waals surface area contributed by atoms with E-state index in [0.717, 1.165) is 16.5 Å². The quantitative estimate of drug-likeness (QED) is 0.685. The molecule has 1 N–H and O–H groups in total. The van der Waals surface area contributed by atoms with Crippen LogP contribution < -0.4 is 0 Å². The average molecular weight is 228 g/mol. The molecule has 78 valence electrons. The third-order valence-electron chi connectivity index (χ3n) is 2.51. The van der Waals surface area contributed by atoms with Gasteiger partial charge in [0.15, 0.2) is 5.78 Å². The first-order valence-corrected chi connectivity index (χ1v) is 5.78. The van der Waals surface area contributed by atoms with E-state index < -0.39 is 0 Å². The van der Waals surface area contributed by atoms with Crippen LogP contribution in [0.2, 0.25) is 0 Å². The second kappa shape index (κ2) is 3.57. The van der Waals surface area contributed by atoms with Crippen molar-refractivity contribution in [2.24, 2.45) is 0 Å². The van der Waals surface area contributed by atoms with Gasteiger partial charge < -0.3 is 4.98 Å². The van der Waals surface area contributed by atoms with Crippen molar-refractivity contribution in [1.29, 1.82) is 0 Å². The number of nitrogens with zero attached hydrogens (tertiary/aromatic N) is 1. The minimum Gasteiger partial charge on any atom is -0.360 e. The van der Waals surface area contributed by atoms with Gasteiger partial charge in [-0.15, -0.1) is 0 Å². The highest BCUT2D eigenvalue weighted by Crippen LogP contribution is 2.20. The monoisotopic (exact) mass is 228 g/mol. The molecule has 0 saturated heterocycles. The van der Waals surface area contributed by atoms with Crippen LogP contribution in [0.4, 0.5) is 0 Å².